The van der Waals surface area contributed by atoms with E-state index in [4.69, 9.17) is 9.47 Å². The predicted molar refractivity (Wildman–Crippen MR) is 102 cm³/mol. The summed E-state index contributed by atoms with van der Waals surface area (Å²) >= 11 is 1.71. The van der Waals surface area contributed by atoms with Gasteiger partial charge in [-0.05, 0) is 24.6 Å². The molecule has 3 heterocycles. The van der Waals surface area contributed by atoms with Crippen LogP contribution in [0.1, 0.15) is 12.8 Å². The number of thioether (sulfide) groups is 1. The third-order valence-corrected chi connectivity index (χ3v) is 6.28. The summed E-state index contributed by atoms with van der Waals surface area (Å²) in [5, 5.41) is 3.39. The lowest BCUT2D eigenvalue weighted by molar-refractivity contribution is -0.129. The second kappa shape index (κ2) is 8.50. The Morgan fingerprint density at radius 3 is 2.81 bits per heavy atom. The number of benzene rings is 1. The molecule has 0 bridgehead atoms. The molecule has 0 spiro atoms. The van der Waals surface area contributed by atoms with E-state index in [2.05, 4.69) is 15.1 Å². The summed E-state index contributed by atoms with van der Waals surface area (Å²) in [6, 6.07) is 6.56. The molecule has 1 aromatic carbocycles. The van der Waals surface area contributed by atoms with Crippen LogP contribution in [0.2, 0.25) is 0 Å². The predicted octanol–water partition coefficient (Wildman–Crippen LogP) is 1.45. The van der Waals surface area contributed by atoms with Crippen molar-refractivity contribution in [2.24, 2.45) is 0 Å². The summed E-state index contributed by atoms with van der Waals surface area (Å²) in [6.45, 7) is 7.35. The van der Waals surface area contributed by atoms with Crippen LogP contribution in [0.15, 0.2) is 23.1 Å². The van der Waals surface area contributed by atoms with E-state index in [0.29, 0.717) is 25.7 Å². The van der Waals surface area contributed by atoms with Crippen LogP contribution in [0, 0.1) is 0 Å². The van der Waals surface area contributed by atoms with Crippen molar-refractivity contribution in [3.05, 3.63) is 18.2 Å². The highest BCUT2D eigenvalue weighted by atomic mass is 32.2. The average molecular weight is 378 g/mol. The van der Waals surface area contributed by atoms with Gasteiger partial charge in [-0.3, -0.25) is 9.69 Å². The lowest BCUT2D eigenvalue weighted by Crippen LogP contribution is -2.49. The molecule has 0 aliphatic carbocycles. The van der Waals surface area contributed by atoms with Gasteiger partial charge in [0.05, 0.1) is 0 Å². The second-order valence-corrected chi connectivity index (χ2v) is 8.14. The number of hydrogen-bond donors (Lipinski definition) is 1. The van der Waals surface area contributed by atoms with Crippen molar-refractivity contribution in [1.82, 2.24) is 15.1 Å². The lowest BCUT2D eigenvalue weighted by atomic mass is 10.2. The first-order chi connectivity index (χ1) is 12.8. The molecule has 2 saturated heterocycles. The van der Waals surface area contributed by atoms with E-state index < -0.39 is 0 Å². The molecule has 1 N–H and O–H groups in total. The Labute approximate surface area is 159 Å². The van der Waals surface area contributed by atoms with Crippen molar-refractivity contribution in [2.45, 2.75) is 23.8 Å². The van der Waals surface area contributed by atoms with Gasteiger partial charge in [0.25, 0.3) is 0 Å². The highest BCUT2D eigenvalue weighted by molar-refractivity contribution is 7.99. The molecule has 2 fully saturated rings. The zero-order chi connectivity index (χ0) is 17.8. The summed E-state index contributed by atoms with van der Waals surface area (Å²) in [7, 11) is 0. The Morgan fingerprint density at radius 2 is 1.96 bits per heavy atom. The van der Waals surface area contributed by atoms with E-state index in [-0.39, 0.29) is 5.91 Å². The Hall–Kier alpha value is -1.44. The standard InChI is InChI=1S/C19H27N3O3S/c23-19(22-7-3-15(14-22)21-8-5-20-6-9-21)4-12-26-16-1-2-17-18(13-16)25-11-10-24-17/h1-2,13,15,20H,3-12,14H2. The van der Waals surface area contributed by atoms with Crippen LogP contribution in [0.5, 0.6) is 11.5 Å². The second-order valence-electron chi connectivity index (χ2n) is 6.97. The third kappa shape index (κ3) is 4.27. The Balaban J connectivity index is 1.22. The maximum absolute atomic E-state index is 12.5. The van der Waals surface area contributed by atoms with Gasteiger partial charge in [-0.1, -0.05) is 0 Å². The number of rotatable bonds is 5. The molecule has 0 aromatic heterocycles. The summed E-state index contributed by atoms with van der Waals surface area (Å²) in [5.74, 6) is 2.71. The zero-order valence-corrected chi connectivity index (χ0v) is 15.9. The minimum Gasteiger partial charge on any atom is -0.486 e. The first kappa shape index (κ1) is 17.9. The van der Waals surface area contributed by atoms with Crippen molar-refractivity contribution in [3.63, 3.8) is 0 Å². The van der Waals surface area contributed by atoms with Gasteiger partial charge in [-0.15, -0.1) is 11.8 Å². The molecule has 4 rings (SSSR count). The van der Waals surface area contributed by atoms with E-state index in [0.717, 1.165) is 67.8 Å². The fraction of sp³-hybridized carbons (Fsp3) is 0.632. The molecule has 1 aromatic rings. The number of nitrogens with one attached hydrogen (secondary N) is 1. The maximum Gasteiger partial charge on any atom is 0.223 e. The van der Waals surface area contributed by atoms with Crippen molar-refractivity contribution < 1.29 is 14.3 Å². The fourth-order valence-corrected chi connectivity index (χ4v) is 4.71. The van der Waals surface area contributed by atoms with Crippen LogP contribution in [-0.2, 0) is 4.79 Å². The first-order valence-electron chi connectivity index (χ1n) is 9.54. The van der Waals surface area contributed by atoms with Gasteiger partial charge in [-0.25, -0.2) is 0 Å². The van der Waals surface area contributed by atoms with Crippen molar-refractivity contribution in [2.75, 3.05) is 58.2 Å². The highest BCUT2D eigenvalue weighted by Gasteiger charge is 2.30. The van der Waals surface area contributed by atoms with Gasteiger partial charge in [-0.2, -0.15) is 0 Å². The van der Waals surface area contributed by atoms with Crippen LogP contribution in [-0.4, -0.2) is 80.0 Å². The number of hydrogen-bond acceptors (Lipinski definition) is 6. The summed E-state index contributed by atoms with van der Waals surface area (Å²) < 4.78 is 11.2. The van der Waals surface area contributed by atoms with Crippen LogP contribution in [0.4, 0.5) is 0 Å². The minimum absolute atomic E-state index is 0.285. The number of likely N-dealkylation sites (tertiary alicyclic amines) is 1. The SMILES string of the molecule is O=C(CCSc1ccc2c(c1)OCCO2)N1CCC(N2CCNCC2)C1. The molecule has 0 radical (unpaired) electrons. The van der Waals surface area contributed by atoms with Gasteiger partial charge < -0.3 is 19.7 Å². The van der Waals surface area contributed by atoms with Crippen LogP contribution < -0.4 is 14.8 Å². The molecule has 1 unspecified atom stereocenters. The van der Waals surface area contributed by atoms with E-state index in [1.807, 2.05) is 18.2 Å². The minimum atomic E-state index is 0.285. The number of ether oxygens (including phenoxy) is 2. The number of piperazine rings is 1. The smallest absolute Gasteiger partial charge is 0.223 e. The van der Waals surface area contributed by atoms with Crippen molar-refractivity contribution >= 4 is 17.7 Å². The largest absolute Gasteiger partial charge is 0.486 e. The van der Waals surface area contributed by atoms with Crippen LogP contribution in [0.25, 0.3) is 0 Å². The van der Waals surface area contributed by atoms with E-state index in [9.17, 15) is 4.79 Å². The molecule has 26 heavy (non-hydrogen) atoms. The number of amides is 1. The Bertz CT molecular complexity index is 636. The molecule has 1 atom stereocenters. The summed E-state index contributed by atoms with van der Waals surface area (Å²) in [5.41, 5.74) is 0. The average Bonchev–Trinajstić information content (AvgIpc) is 3.19. The van der Waals surface area contributed by atoms with E-state index in [1.165, 1.54) is 0 Å². The molecule has 3 aliphatic heterocycles. The molecule has 6 nitrogen and oxygen atoms in total. The maximum atomic E-state index is 12.5. The normalized spacial score (nSPS) is 23.2. The molecular weight excluding hydrogens is 350 g/mol. The fourth-order valence-electron chi connectivity index (χ4n) is 3.84. The molecule has 0 saturated carbocycles. The number of carbonyl (C=O) groups is 1. The van der Waals surface area contributed by atoms with Gasteiger partial charge in [0, 0.05) is 62.4 Å². The first-order valence-corrected chi connectivity index (χ1v) is 10.5. The quantitative estimate of drug-likeness (QED) is 0.784. The molecular formula is C19H27N3O3S. The van der Waals surface area contributed by atoms with E-state index >= 15 is 0 Å². The topological polar surface area (TPSA) is 54.0 Å². The van der Waals surface area contributed by atoms with Crippen molar-refractivity contribution in [3.8, 4) is 11.5 Å². The molecule has 142 valence electrons. The van der Waals surface area contributed by atoms with E-state index in [1.54, 1.807) is 11.8 Å². The monoisotopic (exact) mass is 377 g/mol. The van der Waals surface area contributed by atoms with Crippen molar-refractivity contribution in [1.29, 1.82) is 0 Å². The number of carbonyl (C=O) groups excluding carboxylic acids is 1. The zero-order valence-electron chi connectivity index (χ0n) is 15.1. The third-order valence-electron chi connectivity index (χ3n) is 5.28. The lowest BCUT2D eigenvalue weighted by Gasteiger charge is -2.32. The van der Waals surface area contributed by atoms with Crippen LogP contribution in [0.3, 0.4) is 0 Å². The van der Waals surface area contributed by atoms with Crippen LogP contribution >= 0.6 is 11.8 Å². The highest BCUT2D eigenvalue weighted by Crippen LogP contribution is 2.34. The summed E-state index contributed by atoms with van der Waals surface area (Å²) in [6.07, 6.45) is 1.70. The molecule has 7 heteroatoms. The number of fused-ring (bicyclic) bond motifs is 1. The van der Waals surface area contributed by atoms with Gasteiger partial charge >= 0.3 is 0 Å². The van der Waals surface area contributed by atoms with Gasteiger partial charge in [0.15, 0.2) is 11.5 Å². The van der Waals surface area contributed by atoms with Gasteiger partial charge in [0.2, 0.25) is 5.91 Å². The number of nitrogens with zero attached hydrogens (tertiary/aromatic N) is 2. The van der Waals surface area contributed by atoms with Gasteiger partial charge in [0.1, 0.15) is 13.2 Å². The molecule has 3 aliphatic rings. The Kier molecular flexibility index (Phi) is 5.87. The molecule has 1 amide bonds. The Morgan fingerprint density at radius 1 is 1.15 bits per heavy atom. The summed E-state index contributed by atoms with van der Waals surface area (Å²) in [4.78, 5) is 18.2.